The Bertz CT molecular complexity index is 1510. The van der Waals surface area contributed by atoms with E-state index in [1.54, 1.807) is 22.3 Å². The Morgan fingerprint density at radius 3 is 1.84 bits per heavy atom. The molecule has 0 spiro atoms. The lowest BCUT2D eigenvalue weighted by atomic mass is 9.53. The minimum atomic E-state index is -0.0967. The van der Waals surface area contributed by atoms with Crippen LogP contribution in [0.25, 0.3) is 0 Å². The first-order valence-electron chi connectivity index (χ1n) is 18.0. The van der Waals surface area contributed by atoms with E-state index in [1.165, 1.54) is 54.7 Å². The topological polar surface area (TPSA) is 3.24 Å². The number of quaternary nitrogens is 1. The number of benzene rings is 2. The zero-order valence-corrected chi connectivity index (χ0v) is 30.7. The highest BCUT2D eigenvalue weighted by atomic mass is 15.5. The third kappa shape index (κ3) is 3.48. The van der Waals surface area contributed by atoms with Crippen LogP contribution in [0.3, 0.4) is 0 Å². The largest absolute Gasteiger partial charge is 0.285 e. The maximum absolute atomic E-state index is 4.68. The van der Waals surface area contributed by atoms with Crippen LogP contribution in [-0.4, -0.2) is 20.3 Å². The van der Waals surface area contributed by atoms with E-state index >= 15 is 0 Å². The van der Waals surface area contributed by atoms with E-state index in [0.717, 1.165) is 23.7 Å². The molecule has 0 saturated heterocycles. The van der Waals surface area contributed by atoms with Crippen molar-refractivity contribution >= 4 is 17.1 Å². The number of fused-ring (bicyclic) bond motifs is 6. The molecule has 1 fully saturated rings. The Morgan fingerprint density at radius 1 is 0.750 bits per heavy atom. The maximum atomic E-state index is 4.68. The summed E-state index contributed by atoms with van der Waals surface area (Å²) < 4.78 is 0.867. The van der Waals surface area contributed by atoms with Gasteiger partial charge in [-0.25, -0.2) is 0 Å². The summed E-state index contributed by atoms with van der Waals surface area (Å²) in [6.07, 6.45) is 12.6. The quantitative estimate of drug-likeness (QED) is 0.245. The van der Waals surface area contributed by atoms with Crippen LogP contribution in [0, 0.1) is 10.8 Å². The molecule has 4 aliphatic rings. The SMILES string of the molecule is C=CC1(CC)C2N(c3cc4c(cc3C1(C)CC)C(C)(C)C(C)(C)C4(C)C)c1cc(C3(C)CCCCC3)c(CC)cc1[N+]2(C)C. The lowest BCUT2D eigenvalue weighted by Gasteiger charge is -2.59. The van der Waals surface area contributed by atoms with Crippen LogP contribution in [0.2, 0.25) is 0 Å². The fourth-order valence-corrected chi connectivity index (χ4v) is 11.2. The molecule has 2 aliphatic heterocycles. The highest BCUT2D eigenvalue weighted by Crippen LogP contribution is 2.69. The van der Waals surface area contributed by atoms with Crippen LogP contribution in [-0.2, 0) is 28.1 Å². The Labute approximate surface area is 270 Å². The monoisotopic (exact) mass is 595 g/mol. The van der Waals surface area contributed by atoms with Gasteiger partial charge in [0.15, 0.2) is 11.9 Å². The van der Waals surface area contributed by atoms with E-state index in [4.69, 9.17) is 0 Å². The lowest BCUT2D eigenvalue weighted by molar-refractivity contribution is 0.0628. The number of hydrogen-bond acceptors (Lipinski definition) is 1. The van der Waals surface area contributed by atoms with Crippen LogP contribution < -0.4 is 9.38 Å². The minimum Gasteiger partial charge on any atom is -0.285 e. The second-order valence-corrected chi connectivity index (χ2v) is 17.8. The Balaban J connectivity index is 1.74. The number of nitrogens with zero attached hydrogens (tertiary/aromatic N) is 2. The molecule has 44 heavy (non-hydrogen) atoms. The number of aryl methyl sites for hydroxylation is 1. The van der Waals surface area contributed by atoms with Crippen molar-refractivity contribution in [3.05, 3.63) is 64.7 Å². The lowest BCUT2D eigenvalue weighted by Crippen LogP contribution is -2.68. The third-order valence-corrected chi connectivity index (χ3v) is 15.5. The summed E-state index contributed by atoms with van der Waals surface area (Å²) in [4.78, 5) is 2.84. The van der Waals surface area contributed by atoms with Gasteiger partial charge in [-0.15, -0.1) is 6.58 Å². The van der Waals surface area contributed by atoms with Crippen LogP contribution in [0.1, 0.15) is 149 Å². The van der Waals surface area contributed by atoms with Gasteiger partial charge in [0.25, 0.3) is 0 Å². The summed E-state index contributed by atoms with van der Waals surface area (Å²) in [7, 11) is 4.98. The molecule has 2 aromatic carbocycles. The fourth-order valence-electron chi connectivity index (χ4n) is 11.2. The van der Waals surface area contributed by atoms with Gasteiger partial charge in [-0.1, -0.05) is 108 Å². The van der Waals surface area contributed by atoms with E-state index in [1.807, 2.05) is 0 Å². The summed E-state index contributed by atoms with van der Waals surface area (Å²) in [5.41, 5.74) is 12.6. The normalized spacial score (nSPS) is 31.6. The summed E-state index contributed by atoms with van der Waals surface area (Å²) in [5, 5.41) is 0. The van der Waals surface area contributed by atoms with Crippen molar-refractivity contribution in [1.82, 2.24) is 4.48 Å². The fraction of sp³-hybridized carbons (Fsp3) is 0.667. The van der Waals surface area contributed by atoms with E-state index in [2.05, 4.69) is 132 Å². The van der Waals surface area contributed by atoms with Crippen molar-refractivity contribution in [2.45, 2.75) is 155 Å². The molecule has 2 aromatic rings. The molecule has 0 amide bonds. The van der Waals surface area contributed by atoms with Gasteiger partial charge >= 0.3 is 0 Å². The summed E-state index contributed by atoms with van der Waals surface area (Å²) in [5.74, 6) is 0. The molecule has 3 unspecified atom stereocenters. The summed E-state index contributed by atoms with van der Waals surface area (Å²) >= 11 is 0. The highest BCUT2D eigenvalue weighted by molar-refractivity contribution is 5.87. The van der Waals surface area contributed by atoms with Crippen molar-refractivity contribution in [3.8, 4) is 0 Å². The van der Waals surface area contributed by atoms with Crippen LogP contribution in [0.15, 0.2) is 36.9 Å². The van der Waals surface area contributed by atoms with Crippen LogP contribution >= 0.6 is 0 Å². The molecule has 6 rings (SSSR count). The number of anilines is 2. The molecule has 0 N–H and O–H groups in total. The molecule has 240 valence electrons. The molecule has 2 heterocycles. The van der Waals surface area contributed by atoms with Gasteiger partial charge in [0, 0.05) is 11.5 Å². The van der Waals surface area contributed by atoms with Crippen molar-refractivity contribution < 1.29 is 0 Å². The van der Waals surface area contributed by atoms with Gasteiger partial charge in [-0.2, -0.15) is 0 Å². The van der Waals surface area contributed by atoms with Gasteiger partial charge in [0.2, 0.25) is 0 Å². The molecule has 0 aromatic heterocycles. The number of hydrogen-bond donors (Lipinski definition) is 0. The zero-order chi connectivity index (χ0) is 32.5. The standard InChI is InChI=1S/C42H63N2/c1-15-28-24-35-34(26-29(28)40(11)22-20-19-21-23-40)43-33-27-31-30(37(5,6)39(9,10)38(31,7)8)25-32(33)41(12,16-2)42(17-3,18-4)36(43)44(35,13)14/h17,24-27,36H,3,15-16,18-23H2,1-2,4-14H3/q+1. The smallest absolute Gasteiger partial charge is 0.183 e. The Hall–Kier alpha value is -2.06. The van der Waals surface area contributed by atoms with Crippen molar-refractivity contribution in [1.29, 1.82) is 0 Å². The van der Waals surface area contributed by atoms with Crippen LogP contribution in [0.5, 0.6) is 0 Å². The van der Waals surface area contributed by atoms with Crippen molar-refractivity contribution in [2.75, 3.05) is 19.0 Å². The van der Waals surface area contributed by atoms with Crippen molar-refractivity contribution in [2.24, 2.45) is 10.8 Å². The molecular formula is C42H63N2+. The van der Waals surface area contributed by atoms with E-state index in [0.29, 0.717) is 0 Å². The Kier molecular flexibility index (Phi) is 6.88. The summed E-state index contributed by atoms with van der Waals surface area (Å²) in [6.45, 7) is 32.1. The third-order valence-electron chi connectivity index (χ3n) is 15.5. The zero-order valence-electron chi connectivity index (χ0n) is 30.7. The van der Waals surface area contributed by atoms with Gasteiger partial charge in [0.1, 0.15) is 5.69 Å². The molecule has 2 heteroatoms. The van der Waals surface area contributed by atoms with Gasteiger partial charge in [-0.05, 0) is 93.7 Å². The maximum Gasteiger partial charge on any atom is 0.183 e. The molecule has 1 saturated carbocycles. The molecule has 2 aliphatic carbocycles. The summed E-state index contributed by atoms with van der Waals surface area (Å²) in [6, 6.07) is 10.7. The first-order chi connectivity index (χ1) is 20.4. The molecule has 0 bridgehead atoms. The first kappa shape index (κ1) is 31.9. The van der Waals surface area contributed by atoms with E-state index in [-0.39, 0.29) is 38.7 Å². The average Bonchev–Trinajstić information content (AvgIpc) is 3.27. The van der Waals surface area contributed by atoms with Gasteiger partial charge in [0.05, 0.1) is 25.2 Å². The number of rotatable bonds is 5. The molecule has 2 nitrogen and oxygen atoms in total. The average molecular weight is 596 g/mol. The molecule has 3 atom stereocenters. The van der Waals surface area contributed by atoms with E-state index < -0.39 is 0 Å². The molecular weight excluding hydrogens is 532 g/mol. The first-order valence-corrected chi connectivity index (χ1v) is 18.0. The predicted octanol–water partition coefficient (Wildman–Crippen LogP) is 11.4. The second-order valence-electron chi connectivity index (χ2n) is 17.8. The predicted molar refractivity (Wildman–Crippen MR) is 193 cm³/mol. The van der Waals surface area contributed by atoms with Crippen molar-refractivity contribution in [3.63, 3.8) is 0 Å². The minimum absolute atomic E-state index is 0.0364. The van der Waals surface area contributed by atoms with Gasteiger partial charge < -0.3 is 0 Å². The van der Waals surface area contributed by atoms with Crippen LogP contribution in [0.4, 0.5) is 17.1 Å². The Morgan fingerprint density at radius 2 is 1.32 bits per heavy atom. The second kappa shape index (κ2) is 9.49. The molecule has 0 radical (unpaired) electrons. The highest BCUT2D eigenvalue weighted by Gasteiger charge is 2.67. The van der Waals surface area contributed by atoms with Gasteiger partial charge in [-0.3, -0.25) is 9.38 Å². The van der Waals surface area contributed by atoms with E-state index in [9.17, 15) is 0 Å².